The molecule has 0 aliphatic rings. The molecule has 1 aromatic rings. The maximum absolute atomic E-state index is 13.7. The van der Waals surface area contributed by atoms with Crippen LogP contribution in [0.3, 0.4) is 0 Å². The number of methoxy groups -OCH3 is 1. The minimum Gasteiger partial charge on any atom is -0.388 e. The fourth-order valence-electron chi connectivity index (χ4n) is 1.75. The first kappa shape index (κ1) is 17.7. The van der Waals surface area contributed by atoms with E-state index in [1.807, 2.05) is 0 Å². The lowest BCUT2D eigenvalue weighted by Crippen LogP contribution is -2.32. The number of alkyl halides is 3. The lowest BCUT2D eigenvalue weighted by atomic mass is 9.99. The molecule has 1 aromatic carbocycles. The van der Waals surface area contributed by atoms with Gasteiger partial charge in [-0.2, -0.15) is 13.2 Å². The molecular weight excluding hydrogens is 309 g/mol. The molecule has 0 spiro atoms. The van der Waals surface area contributed by atoms with Crippen molar-refractivity contribution in [1.82, 2.24) is 0 Å². The van der Waals surface area contributed by atoms with Gasteiger partial charge in [-0.15, -0.1) is 0 Å². The standard InChI is InChI=1S/C12H11F7O2/c1-4-8(13)7(10(15)11(16)9(4)14)5(20)3-6(21-2)12(17,18)19/h5-6,20H,3H2,1-2H3. The second-order valence-corrected chi connectivity index (χ2v) is 4.31. The van der Waals surface area contributed by atoms with E-state index in [-0.39, 0.29) is 0 Å². The van der Waals surface area contributed by atoms with Crippen LogP contribution in [0, 0.1) is 30.2 Å². The molecule has 0 saturated carbocycles. The molecule has 1 N–H and O–H groups in total. The van der Waals surface area contributed by atoms with Crippen LogP contribution < -0.4 is 0 Å². The van der Waals surface area contributed by atoms with Gasteiger partial charge >= 0.3 is 6.18 Å². The van der Waals surface area contributed by atoms with E-state index >= 15 is 0 Å². The molecule has 1 rings (SSSR count). The normalized spacial score (nSPS) is 15.1. The highest BCUT2D eigenvalue weighted by molar-refractivity contribution is 5.31. The molecule has 9 heteroatoms. The van der Waals surface area contributed by atoms with E-state index in [0.29, 0.717) is 7.11 Å². The Balaban J connectivity index is 3.23. The molecule has 2 nitrogen and oxygen atoms in total. The topological polar surface area (TPSA) is 29.5 Å². The summed E-state index contributed by atoms with van der Waals surface area (Å²) >= 11 is 0. The van der Waals surface area contributed by atoms with Crippen LogP contribution in [0.2, 0.25) is 0 Å². The summed E-state index contributed by atoms with van der Waals surface area (Å²) in [5.41, 5.74) is -2.30. The maximum Gasteiger partial charge on any atom is 0.414 e. The van der Waals surface area contributed by atoms with E-state index in [2.05, 4.69) is 4.74 Å². The van der Waals surface area contributed by atoms with Gasteiger partial charge in [0.1, 0.15) is 5.82 Å². The molecule has 120 valence electrons. The van der Waals surface area contributed by atoms with Crippen molar-refractivity contribution < 1.29 is 40.6 Å². The van der Waals surface area contributed by atoms with E-state index in [1.54, 1.807) is 0 Å². The van der Waals surface area contributed by atoms with Gasteiger partial charge in [0.2, 0.25) is 0 Å². The first-order valence-electron chi connectivity index (χ1n) is 5.62. The summed E-state index contributed by atoms with van der Waals surface area (Å²) in [5, 5.41) is 9.54. The molecule has 0 aliphatic heterocycles. The predicted octanol–water partition coefficient (Wildman–Crippen LogP) is 3.55. The van der Waals surface area contributed by atoms with Crippen LogP contribution in [0.4, 0.5) is 30.7 Å². The van der Waals surface area contributed by atoms with Crippen molar-refractivity contribution in [2.24, 2.45) is 0 Å². The van der Waals surface area contributed by atoms with Crippen LogP contribution in [0.1, 0.15) is 23.7 Å². The summed E-state index contributed by atoms with van der Waals surface area (Å²) in [6, 6.07) is 0. The quantitative estimate of drug-likeness (QED) is 0.522. The Labute approximate surface area is 115 Å². The summed E-state index contributed by atoms with van der Waals surface area (Å²) in [4.78, 5) is 0. The highest BCUT2D eigenvalue weighted by Gasteiger charge is 2.42. The van der Waals surface area contributed by atoms with Gasteiger partial charge in [-0.25, -0.2) is 17.6 Å². The fourth-order valence-corrected chi connectivity index (χ4v) is 1.75. The zero-order valence-electron chi connectivity index (χ0n) is 10.9. The zero-order valence-corrected chi connectivity index (χ0v) is 10.9. The Kier molecular flexibility index (Phi) is 5.21. The van der Waals surface area contributed by atoms with Crippen molar-refractivity contribution in [2.75, 3.05) is 7.11 Å². The van der Waals surface area contributed by atoms with Gasteiger partial charge in [-0.3, -0.25) is 0 Å². The molecule has 21 heavy (non-hydrogen) atoms. The van der Waals surface area contributed by atoms with Crippen molar-refractivity contribution in [1.29, 1.82) is 0 Å². The third-order valence-electron chi connectivity index (χ3n) is 2.94. The summed E-state index contributed by atoms with van der Waals surface area (Å²) in [5.74, 6) is -7.58. The Morgan fingerprint density at radius 2 is 1.52 bits per heavy atom. The van der Waals surface area contributed by atoms with Gasteiger partial charge in [-0.05, 0) is 6.92 Å². The highest BCUT2D eigenvalue weighted by Crippen LogP contribution is 2.34. The van der Waals surface area contributed by atoms with Gasteiger partial charge in [0.15, 0.2) is 23.6 Å². The number of ether oxygens (including phenoxy) is 1. The average molecular weight is 320 g/mol. The summed E-state index contributed by atoms with van der Waals surface area (Å²) < 4.78 is 94.8. The highest BCUT2D eigenvalue weighted by atomic mass is 19.4. The van der Waals surface area contributed by atoms with Gasteiger partial charge in [0.25, 0.3) is 0 Å². The number of hydrogen-bond acceptors (Lipinski definition) is 2. The van der Waals surface area contributed by atoms with Crippen LogP contribution in [0.5, 0.6) is 0 Å². The molecule has 2 atom stereocenters. The third kappa shape index (κ3) is 3.46. The Morgan fingerprint density at radius 3 is 1.95 bits per heavy atom. The van der Waals surface area contributed by atoms with E-state index in [0.717, 1.165) is 6.92 Å². The average Bonchev–Trinajstić information content (AvgIpc) is 2.39. The van der Waals surface area contributed by atoms with E-state index < -0.39 is 59.2 Å². The van der Waals surface area contributed by atoms with Crippen molar-refractivity contribution in [3.05, 3.63) is 34.4 Å². The third-order valence-corrected chi connectivity index (χ3v) is 2.94. The van der Waals surface area contributed by atoms with Crippen LogP contribution in [0.25, 0.3) is 0 Å². The number of hydrogen-bond donors (Lipinski definition) is 1. The van der Waals surface area contributed by atoms with Gasteiger partial charge in [-0.1, -0.05) is 0 Å². The van der Waals surface area contributed by atoms with E-state index in [4.69, 9.17) is 0 Å². The predicted molar refractivity (Wildman–Crippen MR) is 57.4 cm³/mol. The second kappa shape index (κ2) is 6.18. The Hall–Kier alpha value is -1.35. The second-order valence-electron chi connectivity index (χ2n) is 4.31. The van der Waals surface area contributed by atoms with E-state index in [1.165, 1.54) is 0 Å². The first-order chi connectivity index (χ1) is 9.52. The van der Waals surface area contributed by atoms with E-state index in [9.17, 15) is 35.8 Å². The summed E-state index contributed by atoms with van der Waals surface area (Å²) in [7, 11) is 0.689. The largest absolute Gasteiger partial charge is 0.414 e. The van der Waals surface area contributed by atoms with Crippen molar-refractivity contribution in [3.63, 3.8) is 0 Å². The maximum atomic E-state index is 13.7. The zero-order chi connectivity index (χ0) is 16.5. The van der Waals surface area contributed by atoms with Crippen LogP contribution in [-0.4, -0.2) is 24.5 Å². The first-order valence-corrected chi connectivity index (χ1v) is 5.62. The molecule has 0 heterocycles. The van der Waals surface area contributed by atoms with Crippen molar-refractivity contribution >= 4 is 0 Å². The minimum absolute atomic E-state index is 0.689. The molecule has 0 bridgehead atoms. The summed E-state index contributed by atoms with van der Waals surface area (Å²) in [6.45, 7) is 0.765. The molecule has 0 saturated heterocycles. The number of rotatable bonds is 4. The van der Waals surface area contributed by atoms with Crippen LogP contribution in [0.15, 0.2) is 0 Å². The number of halogens is 7. The monoisotopic (exact) mass is 320 g/mol. The molecule has 2 unspecified atom stereocenters. The molecule has 0 aromatic heterocycles. The summed E-state index contributed by atoms with van der Waals surface area (Å²) in [6.07, 6.45) is -11.0. The number of aliphatic hydroxyl groups is 1. The smallest absolute Gasteiger partial charge is 0.388 e. The van der Waals surface area contributed by atoms with Crippen molar-refractivity contribution in [3.8, 4) is 0 Å². The molecule has 0 fully saturated rings. The van der Waals surface area contributed by atoms with Crippen LogP contribution in [-0.2, 0) is 4.74 Å². The molecule has 0 aliphatic carbocycles. The van der Waals surface area contributed by atoms with Gasteiger partial charge in [0, 0.05) is 19.1 Å². The van der Waals surface area contributed by atoms with Crippen LogP contribution >= 0.6 is 0 Å². The molecule has 0 radical (unpaired) electrons. The number of aliphatic hydroxyl groups excluding tert-OH is 1. The number of benzene rings is 1. The Bertz CT molecular complexity index is 498. The van der Waals surface area contributed by atoms with Gasteiger partial charge in [0.05, 0.1) is 11.7 Å². The van der Waals surface area contributed by atoms with Gasteiger partial charge < -0.3 is 9.84 Å². The molecule has 0 amide bonds. The SMILES string of the molecule is COC(CC(O)c1c(F)c(C)c(F)c(F)c1F)C(F)(F)F. The lowest BCUT2D eigenvalue weighted by molar-refractivity contribution is -0.220. The minimum atomic E-state index is -4.89. The van der Waals surface area contributed by atoms with Crippen molar-refractivity contribution in [2.45, 2.75) is 31.7 Å². The lowest BCUT2D eigenvalue weighted by Gasteiger charge is -2.22. The fraction of sp³-hybridized carbons (Fsp3) is 0.500. The molecular formula is C12H11F7O2. The Morgan fingerprint density at radius 1 is 1.00 bits per heavy atom.